The normalized spacial score (nSPS) is 10.4. The van der Waals surface area contributed by atoms with Crippen molar-refractivity contribution in [3.8, 4) is 5.75 Å². The summed E-state index contributed by atoms with van der Waals surface area (Å²) in [4.78, 5) is 10.3. The number of aryl methyl sites for hydroxylation is 1. The van der Waals surface area contributed by atoms with Crippen LogP contribution in [0.5, 0.6) is 5.75 Å². The highest BCUT2D eigenvalue weighted by molar-refractivity contribution is 6.30. The van der Waals surface area contributed by atoms with Crippen LogP contribution in [0.25, 0.3) is 0 Å². The van der Waals surface area contributed by atoms with E-state index in [1.807, 2.05) is 43.3 Å². The molecule has 0 saturated heterocycles. The Morgan fingerprint density at radius 3 is 2.41 bits per heavy atom. The van der Waals surface area contributed by atoms with E-state index in [-0.39, 0.29) is 5.69 Å². The Morgan fingerprint density at radius 1 is 1.04 bits per heavy atom. The lowest BCUT2D eigenvalue weighted by Crippen LogP contribution is -2.04. The Morgan fingerprint density at radius 2 is 1.74 bits per heavy atom. The van der Waals surface area contributed by atoms with Gasteiger partial charge in [0.2, 0.25) is 0 Å². The van der Waals surface area contributed by atoms with Crippen LogP contribution in [0.2, 0.25) is 5.02 Å². The molecule has 0 aliphatic carbocycles. The zero-order valence-corrected chi connectivity index (χ0v) is 15.6. The number of hydrogen-bond donors (Lipinski definition) is 1. The van der Waals surface area contributed by atoms with Crippen molar-refractivity contribution in [3.63, 3.8) is 0 Å². The Balaban J connectivity index is 1.67. The standard InChI is InChI=1S/C21H19ClN2O3/c1-15-2-7-19(8-3-15)23-13-17-12-18(22)6-11-21(17)27-14-16-4-9-20(10-5-16)24(25)26/h2-12,23H,13-14H2,1H3. The first kappa shape index (κ1) is 18.7. The molecular formula is C21H19ClN2O3. The molecule has 0 spiro atoms. The molecule has 1 N–H and O–H groups in total. The molecule has 27 heavy (non-hydrogen) atoms. The number of hydrogen-bond acceptors (Lipinski definition) is 4. The molecule has 0 aliphatic heterocycles. The fourth-order valence-electron chi connectivity index (χ4n) is 2.57. The Kier molecular flexibility index (Phi) is 5.94. The number of nitro benzene ring substituents is 1. The molecule has 0 amide bonds. The fourth-order valence-corrected chi connectivity index (χ4v) is 2.77. The highest BCUT2D eigenvalue weighted by Crippen LogP contribution is 2.25. The maximum atomic E-state index is 10.7. The molecule has 3 aromatic carbocycles. The SMILES string of the molecule is Cc1ccc(NCc2cc(Cl)ccc2OCc2ccc([N+](=O)[O-])cc2)cc1. The highest BCUT2D eigenvalue weighted by Gasteiger charge is 2.08. The predicted octanol–water partition coefficient (Wildman–Crippen LogP) is 5.75. The van der Waals surface area contributed by atoms with Crippen LogP contribution in [0.1, 0.15) is 16.7 Å². The number of anilines is 1. The van der Waals surface area contributed by atoms with Gasteiger partial charge in [-0.2, -0.15) is 0 Å². The minimum Gasteiger partial charge on any atom is -0.489 e. The van der Waals surface area contributed by atoms with E-state index in [0.29, 0.717) is 18.2 Å². The van der Waals surface area contributed by atoms with Crippen LogP contribution in [0.4, 0.5) is 11.4 Å². The topological polar surface area (TPSA) is 64.4 Å². The minimum absolute atomic E-state index is 0.0632. The van der Waals surface area contributed by atoms with Crippen LogP contribution in [0.15, 0.2) is 66.7 Å². The lowest BCUT2D eigenvalue weighted by Gasteiger charge is -2.14. The number of nitrogens with zero attached hydrogens (tertiary/aromatic N) is 1. The maximum Gasteiger partial charge on any atom is 0.269 e. The second-order valence-electron chi connectivity index (χ2n) is 6.18. The Bertz CT molecular complexity index is 925. The predicted molar refractivity (Wildman–Crippen MR) is 107 cm³/mol. The van der Waals surface area contributed by atoms with Crippen molar-refractivity contribution in [2.75, 3.05) is 5.32 Å². The van der Waals surface area contributed by atoms with Crippen LogP contribution in [0, 0.1) is 17.0 Å². The van der Waals surface area contributed by atoms with Crippen molar-refractivity contribution < 1.29 is 9.66 Å². The molecule has 3 aromatic rings. The van der Waals surface area contributed by atoms with Crippen molar-refractivity contribution in [1.29, 1.82) is 0 Å². The van der Waals surface area contributed by atoms with E-state index in [2.05, 4.69) is 5.32 Å². The van der Waals surface area contributed by atoms with Gasteiger partial charge < -0.3 is 10.1 Å². The molecule has 0 radical (unpaired) electrons. The summed E-state index contributed by atoms with van der Waals surface area (Å²) in [5.74, 6) is 0.720. The first-order chi connectivity index (χ1) is 13.0. The molecule has 0 bridgehead atoms. The molecule has 0 fully saturated rings. The third kappa shape index (κ3) is 5.21. The van der Waals surface area contributed by atoms with Gasteiger partial charge in [-0.25, -0.2) is 0 Å². The van der Waals surface area contributed by atoms with Gasteiger partial charge in [-0.1, -0.05) is 29.3 Å². The second-order valence-corrected chi connectivity index (χ2v) is 6.62. The van der Waals surface area contributed by atoms with Crippen molar-refractivity contribution in [2.24, 2.45) is 0 Å². The van der Waals surface area contributed by atoms with Crippen LogP contribution in [0.3, 0.4) is 0 Å². The summed E-state index contributed by atoms with van der Waals surface area (Å²) < 4.78 is 5.92. The zero-order chi connectivity index (χ0) is 19.2. The van der Waals surface area contributed by atoms with E-state index in [0.717, 1.165) is 22.6 Å². The minimum atomic E-state index is -0.418. The van der Waals surface area contributed by atoms with Crippen LogP contribution >= 0.6 is 11.6 Å². The number of ether oxygens (including phenoxy) is 1. The van der Waals surface area contributed by atoms with Crippen molar-refractivity contribution in [3.05, 3.63) is 98.6 Å². The molecule has 0 aliphatic rings. The Hall–Kier alpha value is -3.05. The number of nitro groups is 1. The first-order valence-corrected chi connectivity index (χ1v) is 8.84. The third-order valence-corrected chi connectivity index (χ3v) is 4.33. The summed E-state index contributed by atoms with van der Waals surface area (Å²) in [6.45, 7) is 2.93. The molecule has 3 rings (SSSR count). The smallest absolute Gasteiger partial charge is 0.269 e. The van der Waals surface area contributed by atoms with Crippen LogP contribution in [-0.4, -0.2) is 4.92 Å². The molecular weight excluding hydrogens is 364 g/mol. The van der Waals surface area contributed by atoms with Gasteiger partial charge in [0.15, 0.2) is 0 Å². The van der Waals surface area contributed by atoms with Crippen molar-refractivity contribution in [2.45, 2.75) is 20.1 Å². The monoisotopic (exact) mass is 382 g/mol. The largest absolute Gasteiger partial charge is 0.489 e. The Labute approximate surface area is 162 Å². The van der Waals surface area contributed by atoms with Gasteiger partial charge in [-0.15, -0.1) is 0 Å². The summed E-state index contributed by atoms with van der Waals surface area (Å²) in [5.41, 5.74) is 4.07. The number of benzene rings is 3. The van der Waals surface area contributed by atoms with Gasteiger partial charge in [-0.05, 0) is 55.0 Å². The first-order valence-electron chi connectivity index (χ1n) is 8.46. The van der Waals surface area contributed by atoms with Gasteiger partial charge in [-0.3, -0.25) is 10.1 Å². The lowest BCUT2D eigenvalue weighted by molar-refractivity contribution is -0.384. The van der Waals surface area contributed by atoms with Crippen molar-refractivity contribution >= 4 is 23.0 Å². The third-order valence-electron chi connectivity index (χ3n) is 4.10. The van der Waals surface area contributed by atoms with Gasteiger partial charge in [0, 0.05) is 35.0 Å². The maximum absolute atomic E-state index is 10.7. The molecule has 0 heterocycles. The van der Waals surface area contributed by atoms with Gasteiger partial charge in [0.1, 0.15) is 12.4 Å². The van der Waals surface area contributed by atoms with Crippen molar-refractivity contribution in [1.82, 2.24) is 0 Å². The van der Waals surface area contributed by atoms with E-state index >= 15 is 0 Å². The number of rotatable bonds is 7. The van der Waals surface area contributed by atoms with E-state index in [1.165, 1.54) is 17.7 Å². The second kappa shape index (κ2) is 8.56. The fraction of sp³-hybridized carbons (Fsp3) is 0.143. The molecule has 0 atom stereocenters. The van der Waals surface area contributed by atoms with Crippen LogP contribution < -0.4 is 10.1 Å². The van der Waals surface area contributed by atoms with E-state index < -0.39 is 4.92 Å². The molecule has 0 aromatic heterocycles. The van der Waals surface area contributed by atoms with E-state index in [1.54, 1.807) is 18.2 Å². The quantitative estimate of drug-likeness (QED) is 0.417. The average molecular weight is 383 g/mol. The van der Waals surface area contributed by atoms with Crippen LogP contribution in [-0.2, 0) is 13.2 Å². The average Bonchev–Trinajstić information content (AvgIpc) is 2.67. The van der Waals surface area contributed by atoms with E-state index in [9.17, 15) is 10.1 Å². The summed E-state index contributed by atoms with van der Waals surface area (Å²) in [5, 5.41) is 14.7. The number of nitrogens with one attached hydrogen (secondary N) is 1. The molecule has 5 nitrogen and oxygen atoms in total. The van der Waals surface area contributed by atoms with E-state index in [4.69, 9.17) is 16.3 Å². The summed E-state index contributed by atoms with van der Waals surface area (Å²) in [7, 11) is 0. The number of halogens is 1. The number of non-ortho nitro benzene ring substituents is 1. The molecule has 138 valence electrons. The van der Waals surface area contributed by atoms with Gasteiger partial charge in [0.05, 0.1) is 4.92 Å². The lowest BCUT2D eigenvalue weighted by atomic mass is 10.1. The zero-order valence-electron chi connectivity index (χ0n) is 14.8. The molecule has 0 unspecified atom stereocenters. The summed E-state index contributed by atoms with van der Waals surface area (Å²) in [6, 6.07) is 20.0. The van der Waals surface area contributed by atoms with Gasteiger partial charge >= 0.3 is 0 Å². The molecule has 6 heteroatoms. The van der Waals surface area contributed by atoms with Gasteiger partial charge in [0.25, 0.3) is 5.69 Å². The highest BCUT2D eigenvalue weighted by atomic mass is 35.5. The summed E-state index contributed by atoms with van der Waals surface area (Å²) >= 11 is 6.14. The summed E-state index contributed by atoms with van der Waals surface area (Å²) in [6.07, 6.45) is 0. The molecule has 0 saturated carbocycles.